The second-order valence-electron chi connectivity index (χ2n) is 4.52. The number of anilines is 1. The average molecular weight is 231 g/mol. The smallest absolute Gasteiger partial charge is 0.184 e. The van der Waals surface area contributed by atoms with Gasteiger partial charge in [-0.2, -0.15) is 0 Å². The van der Waals surface area contributed by atoms with Crippen molar-refractivity contribution in [1.82, 2.24) is 20.2 Å². The van der Waals surface area contributed by atoms with Gasteiger partial charge in [0.15, 0.2) is 5.82 Å². The highest BCUT2D eigenvalue weighted by Gasteiger charge is 2.18. The van der Waals surface area contributed by atoms with E-state index in [0.717, 1.165) is 11.4 Å². The highest BCUT2D eigenvalue weighted by atomic mass is 15.5. The molecule has 0 aliphatic rings. The fourth-order valence-corrected chi connectivity index (χ4v) is 1.63. The Morgan fingerprint density at radius 3 is 2.53 bits per heavy atom. The first-order chi connectivity index (χ1) is 8.11. The van der Waals surface area contributed by atoms with Gasteiger partial charge in [0, 0.05) is 11.3 Å². The monoisotopic (exact) mass is 231 g/mol. The second kappa shape index (κ2) is 4.53. The molecule has 0 fully saturated rings. The molecule has 2 rings (SSSR count). The summed E-state index contributed by atoms with van der Waals surface area (Å²) in [6.07, 6.45) is 0. The van der Waals surface area contributed by atoms with Gasteiger partial charge in [-0.05, 0) is 35.4 Å². The summed E-state index contributed by atoms with van der Waals surface area (Å²) in [6, 6.07) is 7.86. The van der Waals surface area contributed by atoms with E-state index in [1.165, 1.54) is 0 Å². The summed E-state index contributed by atoms with van der Waals surface area (Å²) in [5.41, 5.74) is 7.52. The first kappa shape index (κ1) is 11.6. The predicted octanol–water partition coefficient (Wildman–Crippen LogP) is 2.14. The van der Waals surface area contributed by atoms with Crippen LogP contribution in [0.4, 0.5) is 5.69 Å². The van der Waals surface area contributed by atoms with E-state index in [1.807, 2.05) is 28.9 Å². The van der Waals surface area contributed by atoms with Crippen LogP contribution in [0.15, 0.2) is 24.3 Å². The molecule has 90 valence electrons. The van der Waals surface area contributed by atoms with Gasteiger partial charge in [-0.25, -0.2) is 4.68 Å². The summed E-state index contributed by atoms with van der Waals surface area (Å²) in [7, 11) is 0. The fourth-order valence-electron chi connectivity index (χ4n) is 1.63. The molecule has 0 saturated heterocycles. The number of tetrazole rings is 1. The van der Waals surface area contributed by atoms with Gasteiger partial charge in [0.05, 0.1) is 6.04 Å². The molecule has 0 spiro atoms. The Balaban J connectivity index is 2.48. The number of benzene rings is 1. The van der Waals surface area contributed by atoms with E-state index in [4.69, 9.17) is 5.73 Å². The van der Waals surface area contributed by atoms with E-state index in [0.29, 0.717) is 11.6 Å². The number of para-hydroxylation sites is 1. The molecule has 5 nitrogen and oxygen atoms in total. The van der Waals surface area contributed by atoms with Crippen LogP contribution in [0.1, 0.15) is 26.8 Å². The van der Waals surface area contributed by atoms with Crippen LogP contribution in [0.25, 0.3) is 11.4 Å². The van der Waals surface area contributed by atoms with Crippen LogP contribution >= 0.6 is 0 Å². The lowest BCUT2D eigenvalue weighted by Gasteiger charge is -2.17. The van der Waals surface area contributed by atoms with E-state index in [2.05, 4.69) is 36.3 Å². The van der Waals surface area contributed by atoms with Crippen LogP contribution < -0.4 is 5.73 Å². The minimum atomic E-state index is 0.236. The Labute approximate surface area is 101 Å². The maximum atomic E-state index is 5.95. The van der Waals surface area contributed by atoms with Crippen LogP contribution in [0.3, 0.4) is 0 Å². The molecular formula is C12H17N5. The van der Waals surface area contributed by atoms with E-state index >= 15 is 0 Å². The zero-order valence-corrected chi connectivity index (χ0v) is 10.3. The summed E-state index contributed by atoms with van der Waals surface area (Å²) in [5, 5.41) is 11.9. The molecule has 1 unspecified atom stereocenters. The molecule has 1 aromatic carbocycles. The van der Waals surface area contributed by atoms with Crippen molar-refractivity contribution >= 4 is 5.69 Å². The molecule has 5 heteroatoms. The van der Waals surface area contributed by atoms with Crippen molar-refractivity contribution in [3.63, 3.8) is 0 Å². The largest absolute Gasteiger partial charge is 0.398 e. The summed E-state index contributed by atoms with van der Waals surface area (Å²) in [6.45, 7) is 6.39. The molecule has 2 aromatic rings. The quantitative estimate of drug-likeness (QED) is 0.822. The first-order valence-electron chi connectivity index (χ1n) is 5.74. The molecular weight excluding hydrogens is 214 g/mol. The number of hydrogen-bond donors (Lipinski definition) is 1. The van der Waals surface area contributed by atoms with E-state index in [9.17, 15) is 0 Å². The van der Waals surface area contributed by atoms with Crippen molar-refractivity contribution in [1.29, 1.82) is 0 Å². The lowest BCUT2D eigenvalue weighted by Crippen LogP contribution is -2.14. The van der Waals surface area contributed by atoms with Gasteiger partial charge in [0.1, 0.15) is 0 Å². The number of nitrogens with zero attached hydrogens (tertiary/aromatic N) is 4. The third-order valence-corrected chi connectivity index (χ3v) is 3.05. The number of nitrogens with two attached hydrogens (primary N) is 1. The van der Waals surface area contributed by atoms with Crippen molar-refractivity contribution in [2.24, 2.45) is 5.92 Å². The van der Waals surface area contributed by atoms with Crippen LogP contribution in [0, 0.1) is 5.92 Å². The zero-order valence-electron chi connectivity index (χ0n) is 10.3. The number of rotatable bonds is 3. The minimum absolute atomic E-state index is 0.236. The third-order valence-electron chi connectivity index (χ3n) is 3.05. The molecule has 0 aliphatic carbocycles. The highest BCUT2D eigenvalue weighted by Crippen LogP contribution is 2.26. The lowest BCUT2D eigenvalue weighted by atomic mass is 10.1. The van der Waals surface area contributed by atoms with Crippen LogP contribution in [-0.4, -0.2) is 20.2 Å². The van der Waals surface area contributed by atoms with Crippen LogP contribution in [-0.2, 0) is 0 Å². The summed E-state index contributed by atoms with van der Waals surface area (Å²) in [5.74, 6) is 1.19. The summed E-state index contributed by atoms with van der Waals surface area (Å²) >= 11 is 0. The molecule has 17 heavy (non-hydrogen) atoms. The Morgan fingerprint density at radius 1 is 1.18 bits per heavy atom. The van der Waals surface area contributed by atoms with Gasteiger partial charge < -0.3 is 5.73 Å². The topological polar surface area (TPSA) is 69.6 Å². The Kier molecular flexibility index (Phi) is 3.08. The molecule has 0 saturated carbocycles. The van der Waals surface area contributed by atoms with Crippen molar-refractivity contribution in [3.05, 3.63) is 24.3 Å². The van der Waals surface area contributed by atoms with Gasteiger partial charge in [-0.1, -0.05) is 26.0 Å². The van der Waals surface area contributed by atoms with Gasteiger partial charge in [-0.3, -0.25) is 0 Å². The van der Waals surface area contributed by atoms with E-state index in [1.54, 1.807) is 0 Å². The van der Waals surface area contributed by atoms with Crippen LogP contribution in [0.2, 0.25) is 0 Å². The highest BCUT2D eigenvalue weighted by molar-refractivity contribution is 5.71. The van der Waals surface area contributed by atoms with Gasteiger partial charge in [-0.15, -0.1) is 5.10 Å². The Morgan fingerprint density at radius 2 is 1.88 bits per heavy atom. The fraction of sp³-hybridized carbons (Fsp3) is 0.417. The van der Waals surface area contributed by atoms with Gasteiger partial charge >= 0.3 is 0 Å². The van der Waals surface area contributed by atoms with Gasteiger partial charge in [0.2, 0.25) is 0 Å². The molecule has 1 aromatic heterocycles. The minimum Gasteiger partial charge on any atom is -0.398 e. The average Bonchev–Trinajstić information content (AvgIpc) is 2.77. The molecule has 1 atom stereocenters. The molecule has 0 aliphatic heterocycles. The molecule has 2 N–H and O–H groups in total. The summed E-state index contributed by atoms with van der Waals surface area (Å²) < 4.78 is 1.83. The van der Waals surface area contributed by atoms with Crippen LogP contribution in [0.5, 0.6) is 0 Å². The van der Waals surface area contributed by atoms with E-state index in [-0.39, 0.29) is 6.04 Å². The van der Waals surface area contributed by atoms with Gasteiger partial charge in [0.25, 0.3) is 0 Å². The second-order valence-corrected chi connectivity index (χ2v) is 4.52. The normalized spacial score (nSPS) is 12.9. The Hall–Kier alpha value is -1.91. The summed E-state index contributed by atoms with van der Waals surface area (Å²) in [4.78, 5) is 0. The zero-order chi connectivity index (χ0) is 12.4. The molecule has 0 radical (unpaired) electrons. The molecule has 0 amide bonds. The standard InChI is InChI=1S/C12H17N5/c1-8(2)9(3)17-12(14-15-16-17)10-6-4-5-7-11(10)13/h4-9H,13H2,1-3H3. The number of nitrogen functional groups attached to an aromatic ring is 1. The predicted molar refractivity (Wildman–Crippen MR) is 67.2 cm³/mol. The first-order valence-corrected chi connectivity index (χ1v) is 5.74. The number of aromatic nitrogens is 4. The van der Waals surface area contributed by atoms with Crippen molar-refractivity contribution in [2.45, 2.75) is 26.8 Å². The van der Waals surface area contributed by atoms with E-state index < -0.39 is 0 Å². The Bertz CT molecular complexity index is 503. The third kappa shape index (κ3) is 2.13. The SMILES string of the molecule is CC(C)C(C)n1nnnc1-c1ccccc1N. The van der Waals surface area contributed by atoms with Crippen molar-refractivity contribution in [2.75, 3.05) is 5.73 Å². The molecule has 1 heterocycles. The maximum absolute atomic E-state index is 5.95. The number of hydrogen-bond acceptors (Lipinski definition) is 4. The van der Waals surface area contributed by atoms with Crippen molar-refractivity contribution < 1.29 is 0 Å². The molecule has 0 bridgehead atoms. The maximum Gasteiger partial charge on any atom is 0.184 e. The van der Waals surface area contributed by atoms with Crippen molar-refractivity contribution in [3.8, 4) is 11.4 Å². The lowest BCUT2D eigenvalue weighted by molar-refractivity contribution is 0.371.